The maximum Gasteiger partial charge on any atom is 0.332 e. The Morgan fingerprint density at radius 2 is 2.08 bits per heavy atom. The summed E-state index contributed by atoms with van der Waals surface area (Å²) in [6, 6.07) is -0.653. The highest BCUT2D eigenvalue weighted by atomic mass is 16.4. The van der Waals surface area contributed by atoms with Crippen LogP contribution in [0.3, 0.4) is 0 Å². The zero-order chi connectivity index (χ0) is 9.56. The van der Waals surface area contributed by atoms with Gasteiger partial charge in [0.2, 0.25) is 0 Å². The Labute approximate surface area is 69.4 Å². The van der Waals surface area contributed by atoms with Crippen LogP contribution in [0.5, 0.6) is 0 Å². The maximum absolute atomic E-state index is 10.1. The molecule has 0 unspecified atom stereocenters. The molecule has 0 fully saturated rings. The molecule has 1 atom stereocenters. The average molecular weight is 176 g/mol. The fourth-order valence-electron chi connectivity index (χ4n) is 0.630. The van der Waals surface area contributed by atoms with Gasteiger partial charge < -0.3 is 21.3 Å². The van der Waals surface area contributed by atoms with E-state index >= 15 is 0 Å². The first-order chi connectivity index (χ1) is 5.54. The molecule has 0 heterocycles. The summed E-state index contributed by atoms with van der Waals surface area (Å²) in [6.07, 6.45) is -0.869. The second-order valence-electron chi connectivity index (χ2n) is 2.29. The van der Waals surface area contributed by atoms with Gasteiger partial charge in [-0.1, -0.05) is 0 Å². The number of primary amides is 1. The number of nitrogens with one attached hydrogen (secondary N) is 1. The van der Waals surface area contributed by atoms with Gasteiger partial charge in [0, 0.05) is 6.54 Å². The van der Waals surface area contributed by atoms with E-state index in [1.165, 1.54) is 0 Å². The molecular weight excluding hydrogens is 164 g/mol. The van der Waals surface area contributed by atoms with Gasteiger partial charge in [0.05, 0.1) is 0 Å². The highest BCUT2D eigenvalue weighted by Gasteiger charge is 2.11. The Morgan fingerprint density at radius 1 is 1.50 bits per heavy atom. The number of rotatable bonds is 5. The number of nitrogens with two attached hydrogens (primary N) is 1. The number of amides is 2. The highest BCUT2D eigenvalue weighted by Crippen LogP contribution is 1.95. The van der Waals surface area contributed by atoms with Gasteiger partial charge in [-0.25, -0.2) is 9.59 Å². The summed E-state index contributed by atoms with van der Waals surface area (Å²) in [5, 5.41) is 19.3. The van der Waals surface area contributed by atoms with Crippen molar-refractivity contribution in [1.82, 2.24) is 5.32 Å². The molecule has 0 aromatic carbocycles. The van der Waals surface area contributed by atoms with Gasteiger partial charge >= 0.3 is 12.0 Å². The van der Waals surface area contributed by atoms with Crippen molar-refractivity contribution in [3.05, 3.63) is 0 Å². The van der Waals surface area contributed by atoms with Crippen molar-refractivity contribution in [3.8, 4) is 0 Å². The number of carboxylic acid groups (broad SMARTS) is 1. The Morgan fingerprint density at radius 3 is 2.50 bits per heavy atom. The molecule has 0 aliphatic rings. The van der Waals surface area contributed by atoms with Crippen LogP contribution in [0.15, 0.2) is 0 Å². The number of urea groups is 1. The number of carbonyl (C=O) groups is 2. The fourth-order valence-corrected chi connectivity index (χ4v) is 0.630. The van der Waals surface area contributed by atoms with Crippen molar-refractivity contribution < 1.29 is 19.8 Å². The number of aliphatic hydroxyl groups is 1. The molecule has 0 aromatic heterocycles. The molecule has 2 amide bonds. The van der Waals surface area contributed by atoms with Gasteiger partial charge in [0.25, 0.3) is 0 Å². The summed E-state index contributed by atoms with van der Waals surface area (Å²) in [7, 11) is 0. The SMILES string of the molecule is NC(=O)NCCC[C@@H](O)C(=O)O. The maximum atomic E-state index is 10.1. The molecule has 0 bridgehead atoms. The van der Waals surface area contributed by atoms with Crippen LogP contribution < -0.4 is 11.1 Å². The number of aliphatic carboxylic acids is 1. The monoisotopic (exact) mass is 176 g/mol. The lowest BCUT2D eigenvalue weighted by atomic mass is 10.2. The lowest BCUT2D eigenvalue weighted by Gasteiger charge is -2.04. The first-order valence-electron chi connectivity index (χ1n) is 3.48. The number of carboxylic acids is 1. The van der Waals surface area contributed by atoms with Crippen LogP contribution in [0.2, 0.25) is 0 Å². The average Bonchev–Trinajstić information content (AvgIpc) is 1.97. The van der Waals surface area contributed by atoms with Gasteiger partial charge in [0.1, 0.15) is 0 Å². The number of hydrogen-bond acceptors (Lipinski definition) is 3. The second kappa shape index (κ2) is 5.36. The minimum atomic E-state index is -1.36. The first kappa shape index (κ1) is 10.7. The number of aliphatic hydroxyl groups excluding tert-OH is 1. The minimum absolute atomic E-state index is 0.107. The number of carbonyl (C=O) groups excluding carboxylic acids is 1. The predicted molar refractivity (Wildman–Crippen MR) is 40.5 cm³/mol. The molecule has 0 saturated carbocycles. The molecule has 0 radical (unpaired) electrons. The molecule has 0 saturated heterocycles. The Kier molecular flexibility index (Phi) is 4.78. The van der Waals surface area contributed by atoms with Crippen LogP contribution in [-0.4, -0.2) is 34.9 Å². The van der Waals surface area contributed by atoms with Crippen molar-refractivity contribution in [3.63, 3.8) is 0 Å². The standard InChI is InChI=1S/C6H12N2O4/c7-6(12)8-3-1-2-4(9)5(10)11/h4,9H,1-3H2,(H,10,11)(H3,7,8,12)/t4-/m1/s1. The lowest BCUT2D eigenvalue weighted by molar-refractivity contribution is -0.146. The molecule has 70 valence electrons. The third kappa shape index (κ3) is 5.48. The van der Waals surface area contributed by atoms with E-state index in [9.17, 15) is 9.59 Å². The summed E-state index contributed by atoms with van der Waals surface area (Å²) in [6.45, 7) is 0.277. The minimum Gasteiger partial charge on any atom is -0.479 e. The predicted octanol–water partition coefficient (Wildman–Crippen LogP) is -1.12. The van der Waals surface area contributed by atoms with Crippen molar-refractivity contribution in [1.29, 1.82) is 0 Å². The van der Waals surface area contributed by atoms with Gasteiger partial charge in [-0.15, -0.1) is 0 Å². The van der Waals surface area contributed by atoms with E-state index < -0.39 is 18.1 Å². The molecule has 0 aromatic rings. The Balaban J connectivity index is 3.31. The lowest BCUT2D eigenvalue weighted by Crippen LogP contribution is -2.31. The Bertz CT molecular complexity index is 171. The van der Waals surface area contributed by atoms with Crippen LogP contribution >= 0.6 is 0 Å². The third-order valence-electron chi connectivity index (χ3n) is 1.24. The Hall–Kier alpha value is -1.30. The van der Waals surface area contributed by atoms with E-state index in [4.69, 9.17) is 15.9 Å². The summed E-state index contributed by atoms with van der Waals surface area (Å²) >= 11 is 0. The van der Waals surface area contributed by atoms with Gasteiger partial charge in [-0.3, -0.25) is 0 Å². The smallest absolute Gasteiger partial charge is 0.332 e. The molecular formula is C6H12N2O4. The summed E-state index contributed by atoms with van der Waals surface area (Å²) in [4.78, 5) is 20.2. The van der Waals surface area contributed by atoms with E-state index in [1.807, 2.05) is 0 Å². The van der Waals surface area contributed by atoms with Crippen LogP contribution in [-0.2, 0) is 4.79 Å². The van der Waals surface area contributed by atoms with Crippen molar-refractivity contribution >= 4 is 12.0 Å². The van der Waals surface area contributed by atoms with Crippen LogP contribution in [0.25, 0.3) is 0 Å². The molecule has 0 rings (SSSR count). The fraction of sp³-hybridized carbons (Fsp3) is 0.667. The van der Waals surface area contributed by atoms with Crippen LogP contribution in [0.1, 0.15) is 12.8 Å². The summed E-state index contributed by atoms with van der Waals surface area (Å²) in [5.41, 5.74) is 4.74. The zero-order valence-corrected chi connectivity index (χ0v) is 6.49. The van der Waals surface area contributed by atoms with E-state index in [-0.39, 0.29) is 13.0 Å². The highest BCUT2D eigenvalue weighted by molar-refractivity contribution is 5.72. The van der Waals surface area contributed by atoms with Crippen molar-refractivity contribution in [2.75, 3.05) is 6.54 Å². The molecule has 0 spiro atoms. The topological polar surface area (TPSA) is 113 Å². The molecule has 12 heavy (non-hydrogen) atoms. The largest absolute Gasteiger partial charge is 0.479 e. The van der Waals surface area contributed by atoms with Gasteiger partial charge in [-0.2, -0.15) is 0 Å². The van der Waals surface area contributed by atoms with E-state index in [0.29, 0.717) is 6.42 Å². The first-order valence-corrected chi connectivity index (χ1v) is 3.48. The van der Waals surface area contributed by atoms with Crippen LogP contribution in [0, 0.1) is 0 Å². The number of hydrogen-bond donors (Lipinski definition) is 4. The quantitative estimate of drug-likeness (QED) is 0.397. The molecule has 0 aliphatic heterocycles. The van der Waals surface area contributed by atoms with E-state index in [2.05, 4.69) is 5.32 Å². The van der Waals surface area contributed by atoms with Crippen molar-refractivity contribution in [2.24, 2.45) is 5.73 Å². The second-order valence-corrected chi connectivity index (χ2v) is 2.29. The van der Waals surface area contributed by atoms with Crippen LogP contribution in [0.4, 0.5) is 4.79 Å². The molecule has 0 aliphatic carbocycles. The van der Waals surface area contributed by atoms with Gasteiger partial charge in [-0.05, 0) is 12.8 Å². The van der Waals surface area contributed by atoms with E-state index in [1.54, 1.807) is 0 Å². The zero-order valence-electron chi connectivity index (χ0n) is 6.49. The van der Waals surface area contributed by atoms with E-state index in [0.717, 1.165) is 0 Å². The summed E-state index contributed by atoms with van der Waals surface area (Å²) < 4.78 is 0. The summed E-state index contributed by atoms with van der Waals surface area (Å²) in [5.74, 6) is -1.26. The molecule has 5 N–H and O–H groups in total. The molecule has 6 heteroatoms. The van der Waals surface area contributed by atoms with Gasteiger partial charge in [0.15, 0.2) is 6.10 Å². The third-order valence-corrected chi connectivity index (χ3v) is 1.24. The van der Waals surface area contributed by atoms with Crippen molar-refractivity contribution in [2.45, 2.75) is 18.9 Å². The normalized spacial score (nSPS) is 12.1. The molecule has 6 nitrogen and oxygen atoms in total.